The summed E-state index contributed by atoms with van der Waals surface area (Å²) in [5.74, 6) is 4.58. The summed E-state index contributed by atoms with van der Waals surface area (Å²) >= 11 is 0. The zero-order chi connectivity index (χ0) is 39.2. The Kier molecular flexibility index (Phi) is 7.20. The number of hydrogen-bond donors (Lipinski definition) is 0. The Morgan fingerprint density at radius 3 is 1.59 bits per heavy atom. The number of nitrogens with zero attached hydrogens (tertiary/aromatic N) is 3. The van der Waals surface area contributed by atoms with Crippen molar-refractivity contribution in [2.45, 2.75) is 19.3 Å². The largest absolute Gasteiger partial charge is 0.449 e. The van der Waals surface area contributed by atoms with E-state index >= 15 is 0 Å². The average Bonchev–Trinajstić information content (AvgIpc) is 3.52. The number of fused-ring (bicyclic) bond motifs is 11. The summed E-state index contributed by atoms with van der Waals surface area (Å²) in [6.07, 6.45) is 0. The molecule has 5 nitrogen and oxygen atoms in total. The second-order valence-corrected chi connectivity index (χ2v) is 16.0. The van der Waals surface area contributed by atoms with Crippen molar-refractivity contribution in [1.29, 1.82) is 0 Å². The molecule has 0 radical (unpaired) electrons. The molecule has 278 valence electrons. The van der Waals surface area contributed by atoms with E-state index < -0.39 is 0 Å². The van der Waals surface area contributed by atoms with Gasteiger partial charge >= 0.3 is 0 Å². The van der Waals surface area contributed by atoms with Crippen LogP contribution in [0, 0.1) is 0 Å². The summed E-state index contributed by atoms with van der Waals surface area (Å²) in [4.78, 5) is 15.5. The van der Waals surface area contributed by atoms with E-state index in [2.05, 4.69) is 141 Å². The van der Waals surface area contributed by atoms with Crippen LogP contribution in [0.5, 0.6) is 23.0 Å². The van der Waals surface area contributed by atoms with Crippen LogP contribution in [0.15, 0.2) is 176 Å². The molecule has 1 aliphatic heterocycles. The zero-order valence-corrected chi connectivity index (χ0v) is 32.4. The highest BCUT2D eigenvalue weighted by Gasteiger charge is 2.37. The van der Waals surface area contributed by atoms with Crippen LogP contribution >= 0.6 is 0 Å². The summed E-state index contributed by atoms with van der Waals surface area (Å²) < 4.78 is 13.2. The molecule has 0 saturated carbocycles. The van der Waals surface area contributed by atoms with Crippen molar-refractivity contribution in [2.24, 2.45) is 0 Å². The van der Waals surface area contributed by atoms with Gasteiger partial charge in [0.15, 0.2) is 40.5 Å². The predicted molar refractivity (Wildman–Crippen MR) is 238 cm³/mol. The number of aromatic nitrogens is 3. The van der Waals surface area contributed by atoms with Crippen LogP contribution in [-0.2, 0) is 5.41 Å². The van der Waals surface area contributed by atoms with Gasteiger partial charge in [0.25, 0.3) is 0 Å². The fourth-order valence-electron chi connectivity index (χ4n) is 9.26. The molecule has 0 saturated heterocycles. The van der Waals surface area contributed by atoms with E-state index in [1.54, 1.807) is 0 Å². The molecule has 0 fully saturated rings. The van der Waals surface area contributed by atoms with Gasteiger partial charge in [0.05, 0.1) is 0 Å². The second-order valence-electron chi connectivity index (χ2n) is 16.0. The third-order valence-corrected chi connectivity index (χ3v) is 12.2. The lowest BCUT2D eigenvalue weighted by Gasteiger charge is -2.25. The molecular formula is C54H35N3O2. The predicted octanol–water partition coefficient (Wildman–Crippen LogP) is 14.2. The van der Waals surface area contributed by atoms with Gasteiger partial charge in [-0.05, 0) is 96.0 Å². The Bertz CT molecular complexity index is 3340. The smallest absolute Gasteiger partial charge is 0.170 e. The monoisotopic (exact) mass is 757 g/mol. The Morgan fingerprint density at radius 2 is 0.847 bits per heavy atom. The van der Waals surface area contributed by atoms with E-state index in [0.717, 1.165) is 39.0 Å². The average molecular weight is 758 g/mol. The summed E-state index contributed by atoms with van der Waals surface area (Å²) in [5, 5.41) is 7.26. The standard InChI is InChI=1S/C54H35N3O2/c1-54(2)45-23-13-12-21-41(45)44-30-49-50(31-46(44)54)59-48-29-33(25-27-47(48)58-49)35-16-6-11-22-42(35)53-56-51(32-14-4-3-5-15-32)55-52(57-53)34-24-26-40-38-19-8-7-17-36(38)37-18-9-10-20-39(37)43(40)28-34/h3-31H,1-2H3. The molecule has 0 unspecified atom stereocenters. The Hall–Kier alpha value is -7.63. The molecule has 0 bridgehead atoms. The van der Waals surface area contributed by atoms with Crippen LogP contribution in [0.3, 0.4) is 0 Å². The number of benzene rings is 9. The van der Waals surface area contributed by atoms with Crippen LogP contribution in [0.4, 0.5) is 0 Å². The van der Waals surface area contributed by atoms with E-state index in [-0.39, 0.29) is 5.41 Å². The van der Waals surface area contributed by atoms with E-state index in [1.807, 2.05) is 48.5 Å². The molecule has 12 rings (SSSR count). The van der Waals surface area contributed by atoms with Crippen molar-refractivity contribution in [2.75, 3.05) is 0 Å². The van der Waals surface area contributed by atoms with Crippen molar-refractivity contribution in [1.82, 2.24) is 15.0 Å². The third-order valence-electron chi connectivity index (χ3n) is 12.2. The molecule has 5 heteroatoms. The van der Waals surface area contributed by atoms with E-state index in [4.69, 9.17) is 24.4 Å². The highest BCUT2D eigenvalue weighted by atomic mass is 16.6. The van der Waals surface area contributed by atoms with E-state index in [9.17, 15) is 0 Å². The lowest BCUT2D eigenvalue weighted by molar-refractivity contribution is 0.359. The molecule has 0 amide bonds. The van der Waals surface area contributed by atoms with Gasteiger partial charge in [-0.2, -0.15) is 0 Å². The van der Waals surface area contributed by atoms with Crippen LogP contribution in [0.1, 0.15) is 25.0 Å². The van der Waals surface area contributed by atoms with Crippen molar-refractivity contribution < 1.29 is 9.47 Å². The fraction of sp³-hybridized carbons (Fsp3) is 0.0556. The maximum atomic E-state index is 6.68. The number of rotatable bonds is 4. The van der Waals surface area contributed by atoms with Gasteiger partial charge in [0.2, 0.25) is 0 Å². The zero-order valence-electron chi connectivity index (χ0n) is 32.4. The molecule has 0 spiro atoms. The molecule has 59 heavy (non-hydrogen) atoms. The van der Waals surface area contributed by atoms with Crippen LogP contribution in [-0.4, -0.2) is 15.0 Å². The van der Waals surface area contributed by atoms with Crippen molar-refractivity contribution in [3.05, 3.63) is 187 Å². The van der Waals surface area contributed by atoms with Gasteiger partial charge in [0, 0.05) is 22.1 Å². The van der Waals surface area contributed by atoms with Gasteiger partial charge < -0.3 is 9.47 Å². The first-order valence-corrected chi connectivity index (χ1v) is 20.0. The molecule has 0 atom stereocenters. The molecule has 2 heterocycles. The lowest BCUT2D eigenvalue weighted by atomic mass is 9.82. The molecule has 10 aromatic rings. The molecular weight excluding hydrogens is 723 g/mol. The quantitative estimate of drug-likeness (QED) is 0.167. The molecule has 1 aliphatic carbocycles. The van der Waals surface area contributed by atoms with Gasteiger partial charge in [-0.15, -0.1) is 0 Å². The van der Waals surface area contributed by atoms with Gasteiger partial charge in [-0.1, -0.05) is 159 Å². The SMILES string of the molecule is CC1(C)c2ccccc2-c2cc3c(cc21)Oc1cc(-c2ccccc2-c2nc(-c4ccccc4)nc(-c4ccc5c6ccccc6c6ccccc6c5c4)n2)ccc1O3. The van der Waals surface area contributed by atoms with E-state index in [0.29, 0.717) is 34.7 Å². The summed E-state index contributed by atoms with van der Waals surface area (Å²) in [6, 6.07) is 61.3. The maximum absolute atomic E-state index is 6.68. The highest BCUT2D eigenvalue weighted by molar-refractivity contribution is 6.25. The molecule has 1 aromatic heterocycles. The fourth-order valence-corrected chi connectivity index (χ4v) is 9.26. The topological polar surface area (TPSA) is 57.1 Å². The Balaban J connectivity index is 0.976. The van der Waals surface area contributed by atoms with Gasteiger partial charge in [-0.3, -0.25) is 0 Å². The summed E-state index contributed by atoms with van der Waals surface area (Å²) in [5.41, 5.74) is 9.51. The highest BCUT2D eigenvalue weighted by Crippen LogP contribution is 2.55. The third kappa shape index (κ3) is 5.21. The maximum Gasteiger partial charge on any atom is 0.170 e. The van der Waals surface area contributed by atoms with E-state index in [1.165, 1.54) is 49.2 Å². The summed E-state index contributed by atoms with van der Waals surface area (Å²) in [7, 11) is 0. The number of hydrogen-bond acceptors (Lipinski definition) is 5. The van der Waals surface area contributed by atoms with Crippen molar-refractivity contribution in [3.63, 3.8) is 0 Å². The van der Waals surface area contributed by atoms with Crippen molar-refractivity contribution in [3.8, 4) is 79.4 Å². The van der Waals surface area contributed by atoms with Crippen LogP contribution in [0.25, 0.3) is 88.7 Å². The lowest BCUT2D eigenvalue weighted by Crippen LogP contribution is -2.15. The van der Waals surface area contributed by atoms with Crippen LogP contribution < -0.4 is 9.47 Å². The van der Waals surface area contributed by atoms with Crippen molar-refractivity contribution >= 4 is 32.3 Å². The first-order valence-electron chi connectivity index (χ1n) is 20.0. The normalized spacial score (nSPS) is 13.3. The Morgan fingerprint density at radius 1 is 0.322 bits per heavy atom. The van der Waals surface area contributed by atoms with Gasteiger partial charge in [0.1, 0.15) is 0 Å². The van der Waals surface area contributed by atoms with Crippen LogP contribution in [0.2, 0.25) is 0 Å². The second kappa shape index (κ2) is 12.7. The molecule has 2 aliphatic rings. The minimum absolute atomic E-state index is 0.150. The number of ether oxygens (including phenoxy) is 2. The first kappa shape index (κ1) is 33.5. The Labute approximate surface area is 341 Å². The minimum Gasteiger partial charge on any atom is -0.449 e. The molecule has 0 N–H and O–H groups in total. The van der Waals surface area contributed by atoms with Gasteiger partial charge in [-0.25, -0.2) is 15.0 Å². The minimum atomic E-state index is -0.150. The first-order chi connectivity index (χ1) is 29.0. The summed E-state index contributed by atoms with van der Waals surface area (Å²) in [6.45, 7) is 4.55. The molecule has 9 aromatic carbocycles.